The lowest BCUT2D eigenvalue weighted by atomic mass is 9.86. The molecule has 2 saturated heterocycles. The first-order valence-electron chi connectivity index (χ1n) is 15.1. The molecule has 0 aromatic carbocycles. The second kappa shape index (κ2) is 16.0. The molecule has 0 unspecified atom stereocenters. The van der Waals surface area contributed by atoms with Gasteiger partial charge in [-0.2, -0.15) is 0 Å². The summed E-state index contributed by atoms with van der Waals surface area (Å²) in [6.07, 6.45) is 3.76. The van der Waals surface area contributed by atoms with Crippen molar-refractivity contribution in [2.75, 3.05) is 59.7 Å². The van der Waals surface area contributed by atoms with Crippen LogP contribution in [-0.4, -0.2) is 122 Å². The van der Waals surface area contributed by atoms with Gasteiger partial charge in [-0.25, -0.2) is 9.59 Å². The topological polar surface area (TPSA) is 152 Å². The van der Waals surface area contributed by atoms with E-state index in [4.69, 9.17) is 4.74 Å². The highest BCUT2D eigenvalue weighted by Gasteiger charge is 2.35. The molecule has 0 aromatic heterocycles. The average Bonchev–Trinajstić information content (AvgIpc) is 3.39. The third-order valence-electron chi connectivity index (χ3n) is 7.91. The number of urea groups is 2. The van der Waals surface area contributed by atoms with Crippen LogP contribution in [0.15, 0.2) is 12.7 Å². The first-order chi connectivity index (χ1) is 20.0. The highest BCUT2D eigenvalue weighted by atomic mass is 16.5. The molecule has 244 valence electrons. The molecular weight excluding hydrogens is 554 g/mol. The number of ketones is 1. The summed E-state index contributed by atoms with van der Waals surface area (Å²) in [5, 5.41) is 11.1. The van der Waals surface area contributed by atoms with Crippen LogP contribution in [-0.2, 0) is 19.1 Å². The summed E-state index contributed by atoms with van der Waals surface area (Å²) in [6.45, 7) is 18.3. The summed E-state index contributed by atoms with van der Waals surface area (Å²) in [7, 11) is 1.79. The van der Waals surface area contributed by atoms with E-state index in [0.717, 1.165) is 19.4 Å². The molecule has 0 radical (unpaired) electrons. The zero-order chi connectivity index (χ0) is 32.4. The van der Waals surface area contributed by atoms with Crippen molar-refractivity contribution < 1.29 is 28.7 Å². The lowest BCUT2D eigenvalue weighted by Crippen LogP contribution is -2.59. The van der Waals surface area contributed by atoms with Crippen LogP contribution in [0.2, 0.25) is 0 Å². The molecule has 0 aromatic rings. The molecule has 43 heavy (non-hydrogen) atoms. The molecule has 2 aliphatic heterocycles. The number of likely N-dealkylation sites (tertiary alicyclic amines) is 1. The lowest BCUT2D eigenvalue weighted by molar-refractivity contribution is -0.138. The maximum atomic E-state index is 13.2. The van der Waals surface area contributed by atoms with E-state index in [2.05, 4.69) is 27.8 Å². The van der Waals surface area contributed by atoms with Gasteiger partial charge in [0.1, 0.15) is 0 Å². The quantitative estimate of drug-likeness (QED) is 0.172. The third kappa shape index (κ3) is 11.4. The molecule has 2 rings (SSSR count). The van der Waals surface area contributed by atoms with Gasteiger partial charge in [0.15, 0.2) is 0 Å². The van der Waals surface area contributed by atoms with Crippen LogP contribution in [0, 0.1) is 10.8 Å². The fourth-order valence-electron chi connectivity index (χ4n) is 4.92. The van der Waals surface area contributed by atoms with Gasteiger partial charge in [0.2, 0.25) is 11.7 Å². The Labute approximate surface area is 256 Å². The maximum Gasteiger partial charge on any atom is 0.319 e. The minimum absolute atomic E-state index is 0.0295. The first kappa shape index (κ1) is 36.0. The predicted molar refractivity (Wildman–Crippen MR) is 164 cm³/mol. The highest BCUT2D eigenvalue weighted by molar-refractivity contribution is 6.37. The van der Waals surface area contributed by atoms with Crippen LogP contribution in [0.4, 0.5) is 9.59 Å². The van der Waals surface area contributed by atoms with Crippen molar-refractivity contribution in [3.05, 3.63) is 12.7 Å². The van der Waals surface area contributed by atoms with Gasteiger partial charge >= 0.3 is 12.1 Å². The van der Waals surface area contributed by atoms with Crippen LogP contribution in [0.1, 0.15) is 60.8 Å². The van der Waals surface area contributed by atoms with E-state index in [-0.39, 0.29) is 67.3 Å². The summed E-state index contributed by atoms with van der Waals surface area (Å²) in [4.78, 5) is 67.7. The zero-order valence-electron chi connectivity index (χ0n) is 27.1. The molecule has 3 atom stereocenters. The number of carbonyl (C=O) groups is 5. The molecule has 4 N–H and O–H groups in total. The lowest BCUT2D eigenvalue weighted by Gasteiger charge is -2.40. The number of amides is 6. The average molecular weight is 608 g/mol. The number of nitrogens with one attached hydrogen (secondary N) is 4. The molecule has 0 bridgehead atoms. The molecule has 0 aliphatic carbocycles. The van der Waals surface area contributed by atoms with E-state index in [1.165, 1.54) is 6.08 Å². The van der Waals surface area contributed by atoms with Crippen molar-refractivity contribution in [1.82, 2.24) is 36.0 Å². The van der Waals surface area contributed by atoms with E-state index >= 15 is 0 Å². The van der Waals surface area contributed by atoms with Crippen LogP contribution in [0.25, 0.3) is 0 Å². The van der Waals surface area contributed by atoms with E-state index in [9.17, 15) is 24.0 Å². The predicted octanol–water partition coefficient (Wildman–Crippen LogP) is 1.30. The number of ether oxygens (including phenoxy) is 1. The summed E-state index contributed by atoms with van der Waals surface area (Å²) < 4.78 is 6.02. The van der Waals surface area contributed by atoms with E-state index in [1.807, 2.05) is 46.4 Å². The van der Waals surface area contributed by atoms with E-state index in [1.54, 1.807) is 16.8 Å². The van der Waals surface area contributed by atoms with Gasteiger partial charge in [0.05, 0.1) is 38.0 Å². The minimum Gasteiger partial charge on any atom is -0.364 e. The van der Waals surface area contributed by atoms with Crippen molar-refractivity contribution in [3.8, 4) is 0 Å². The molecule has 2 heterocycles. The van der Waals surface area contributed by atoms with Gasteiger partial charge in [0.25, 0.3) is 5.91 Å². The molecule has 13 nitrogen and oxygen atoms in total. The van der Waals surface area contributed by atoms with Crippen LogP contribution in [0.5, 0.6) is 0 Å². The van der Waals surface area contributed by atoms with Crippen molar-refractivity contribution >= 4 is 29.7 Å². The first-order valence-corrected chi connectivity index (χ1v) is 15.1. The molecule has 2 fully saturated rings. The van der Waals surface area contributed by atoms with E-state index < -0.39 is 17.7 Å². The Morgan fingerprint density at radius 3 is 2.26 bits per heavy atom. The van der Waals surface area contributed by atoms with Crippen LogP contribution < -0.4 is 21.3 Å². The van der Waals surface area contributed by atoms with Gasteiger partial charge in [-0.05, 0) is 30.1 Å². The summed E-state index contributed by atoms with van der Waals surface area (Å²) in [5.41, 5.74) is -0.610. The number of carbonyl (C=O) groups excluding carboxylic acids is 5. The molecule has 6 amide bonds. The fraction of sp³-hybridized carbons (Fsp3) is 0.767. The van der Waals surface area contributed by atoms with Crippen molar-refractivity contribution in [1.29, 1.82) is 0 Å². The number of nitrogens with zero attached hydrogens (tertiary/aromatic N) is 3. The largest absolute Gasteiger partial charge is 0.364 e. The van der Waals surface area contributed by atoms with Gasteiger partial charge in [-0.1, -0.05) is 47.6 Å². The molecule has 0 saturated carbocycles. The third-order valence-corrected chi connectivity index (χ3v) is 7.91. The molecule has 0 spiro atoms. The van der Waals surface area contributed by atoms with E-state index in [0.29, 0.717) is 26.1 Å². The highest BCUT2D eigenvalue weighted by Crippen LogP contribution is 2.23. The Hall–Kier alpha value is -3.19. The summed E-state index contributed by atoms with van der Waals surface area (Å²) >= 11 is 0. The standard InChI is InChI=1S/C30H53N7O6/c1-9-13-31-26(40)22(38)17-32-25(39)21-12-10-15-37(21)20-43-19-24(30(5,6)7)34-27(41)33-23(29(2,3)4)18-36-16-11-14-35(8)28(36)42/h9,21,23-24H,1,10-20H2,2-8H3,(H,31,40)(H,32,39)(H2,33,34,41)/t21-,23+,24+/m0/s1. The zero-order valence-corrected chi connectivity index (χ0v) is 27.1. The second-order valence-corrected chi connectivity index (χ2v) is 13.6. The normalized spacial score (nSPS) is 19.4. The molecule has 2 aliphatic rings. The van der Waals surface area contributed by atoms with Gasteiger partial charge < -0.3 is 35.8 Å². The number of rotatable bonds is 14. The van der Waals surface area contributed by atoms with Crippen molar-refractivity contribution in [3.63, 3.8) is 0 Å². The van der Waals surface area contributed by atoms with Gasteiger partial charge in [-0.3, -0.25) is 19.3 Å². The molecular formula is C30H53N7O6. The maximum absolute atomic E-state index is 13.2. The smallest absolute Gasteiger partial charge is 0.319 e. The van der Waals surface area contributed by atoms with Gasteiger partial charge in [0, 0.05) is 39.8 Å². The number of hydrogen-bond donors (Lipinski definition) is 4. The Bertz CT molecular complexity index is 1010. The Balaban J connectivity index is 1.91. The van der Waals surface area contributed by atoms with Crippen LogP contribution in [0.3, 0.4) is 0 Å². The molecule has 13 heteroatoms. The van der Waals surface area contributed by atoms with Crippen molar-refractivity contribution in [2.24, 2.45) is 10.8 Å². The minimum atomic E-state index is -0.766. The van der Waals surface area contributed by atoms with Crippen LogP contribution >= 0.6 is 0 Å². The Morgan fingerprint density at radius 1 is 0.977 bits per heavy atom. The Morgan fingerprint density at radius 2 is 1.63 bits per heavy atom. The SMILES string of the molecule is C=CCNC(=O)C(=O)CNC(=O)[C@@H]1CCCN1COC[C@@H](NC(=O)N[C@H](CN1CCCN(C)C1=O)C(C)(C)C)C(C)(C)C. The monoisotopic (exact) mass is 607 g/mol. The summed E-state index contributed by atoms with van der Waals surface area (Å²) in [6, 6.07) is -1.44. The second-order valence-electron chi connectivity index (χ2n) is 13.6. The fourth-order valence-corrected chi connectivity index (χ4v) is 4.92. The van der Waals surface area contributed by atoms with Crippen molar-refractivity contribution in [2.45, 2.75) is 78.9 Å². The number of hydrogen-bond acceptors (Lipinski definition) is 7. The summed E-state index contributed by atoms with van der Waals surface area (Å²) in [5.74, 6) is -1.82. The Kier molecular flexibility index (Phi) is 13.4. The van der Waals surface area contributed by atoms with Gasteiger partial charge in [-0.15, -0.1) is 6.58 Å². The number of Topliss-reactive ketones (excluding diaryl/α,β-unsaturated/α-hetero) is 1.